The number of aliphatic hydroxyl groups is 1. The number of hydrogen-bond acceptors (Lipinski definition) is 7. The van der Waals surface area contributed by atoms with Crippen LogP contribution in [0.5, 0.6) is 0 Å². The van der Waals surface area contributed by atoms with Crippen LogP contribution in [0.15, 0.2) is 38.8 Å². The van der Waals surface area contributed by atoms with E-state index >= 15 is 0 Å². The van der Waals surface area contributed by atoms with Crippen molar-refractivity contribution in [2.24, 2.45) is 28.1 Å². The van der Waals surface area contributed by atoms with Crippen molar-refractivity contribution in [2.45, 2.75) is 44.0 Å². The summed E-state index contributed by atoms with van der Waals surface area (Å²) in [6.45, 7) is 4.55. The number of rotatable bonds is 5. The van der Waals surface area contributed by atoms with Gasteiger partial charge in [-0.15, -0.1) is 4.40 Å². The molecule has 3 N–H and O–H groups in total. The zero-order chi connectivity index (χ0) is 24.6. The van der Waals surface area contributed by atoms with Crippen LogP contribution in [-0.2, 0) is 24.8 Å². The van der Waals surface area contributed by atoms with Crippen LogP contribution in [0.25, 0.3) is 0 Å². The zero-order valence-corrected chi connectivity index (χ0v) is 20.8. The third-order valence-corrected chi connectivity index (χ3v) is 9.03. The molecular formula is C22H28N4O6S2. The SMILES string of the molecule is CC(C)CN1C(=O)C(C2=NS(=O)(=O)c3cc(NS(C)(=O)=O)ccc3N2)=C(O)[C@@H]2[C@H]3CC[C@@H](C3)[C@@H]21. The molecule has 12 heteroatoms. The summed E-state index contributed by atoms with van der Waals surface area (Å²) in [5.74, 6) is -0.119. The van der Waals surface area contributed by atoms with E-state index in [1.54, 1.807) is 4.90 Å². The predicted molar refractivity (Wildman–Crippen MR) is 127 cm³/mol. The third-order valence-electron chi connectivity index (χ3n) is 7.10. The highest BCUT2D eigenvalue weighted by atomic mass is 32.2. The first kappa shape index (κ1) is 23.2. The number of amides is 1. The van der Waals surface area contributed by atoms with Gasteiger partial charge in [0.05, 0.1) is 11.9 Å². The topological polar surface area (TPSA) is 145 Å². The lowest BCUT2D eigenvalue weighted by Gasteiger charge is -2.44. The molecule has 4 aliphatic rings. The van der Waals surface area contributed by atoms with Crippen molar-refractivity contribution in [3.05, 3.63) is 29.5 Å². The molecule has 4 atom stereocenters. The average Bonchev–Trinajstić information content (AvgIpc) is 3.32. The van der Waals surface area contributed by atoms with E-state index in [0.29, 0.717) is 12.5 Å². The van der Waals surface area contributed by atoms with Gasteiger partial charge in [-0.05, 0) is 55.2 Å². The molecule has 1 aromatic rings. The van der Waals surface area contributed by atoms with Gasteiger partial charge in [-0.2, -0.15) is 8.42 Å². The minimum Gasteiger partial charge on any atom is -0.511 e. The molecule has 0 radical (unpaired) electrons. The molecule has 2 fully saturated rings. The monoisotopic (exact) mass is 508 g/mol. The van der Waals surface area contributed by atoms with Gasteiger partial charge in [-0.3, -0.25) is 9.52 Å². The molecule has 184 valence electrons. The number of anilines is 2. The van der Waals surface area contributed by atoms with Gasteiger partial charge >= 0.3 is 0 Å². The Labute approximate surface area is 199 Å². The van der Waals surface area contributed by atoms with Crippen LogP contribution in [0.4, 0.5) is 11.4 Å². The van der Waals surface area contributed by atoms with Crippen LogP contribution < -0.4 is 10.0 Å². The zero-order valence-electron chi connectivity index (χ0n) is 19.1. The minimum absolute atomic E-state index is 0.0740. The van der Waals surface area contributed by atoms with Gasteiger partial charge < -0.3 is 15.3 Å². The van der Waals surface area contributed by atoms with Crippen molar-refractivity contribution in [2.75, 3.05) is 22.8 Å². The molecule has 0 unspecified atom stereocenters. The Bertz CT molecular complexity index is 1350. The maximum atomic E-state index is 13.6. The van der Waals surface area contributed by atoms with Crippen LogP contribution in [0.3, 0.4) is 0 Å². The fraction of sp³-hybridized carbons (Fsp3) is 0.545. The lowest BCUT2D eigenvalue weighted by Crippen LogP contribution is -2.55. The van der Waals surface area contributed by atoms with Gasteiger partial charge in [0.1, 0.15) is 16.2 Å². The highest BCUT2D eigenvalue weighted by Crippen LogP contribution is 2.55. The summed E-state index contributed by atoms with van der Waals surface area (Å²) in [5, 5.41) is 14.2. The first-order chi connectivity index (χ1) is 15.9. The number of nitrogens with one attached hydrogen (secondary N) is 2. The molecular weight excluding hydrogens is 480 g/mol. The number of carbonyl (C=O) groups is 1. The molecule has 2 saturated carbocycles. The molecule has 0 spiro atoms. The Morgan fingerprint density at radius 2 is 1.97 bits per heavy atom. The molecule has 2 heterocycles. The maximum Gasteiger partial charge on any atom is 0.286 e. The molecule has 5 rings (SSSR count). The highest BCUT2D eigenvalue weighted by molar-refractivity contribution is 7.92. The van der Waals surface area contributed by atoms with E-state index in [0.717, 1.165) is 25.5 Å². The molecule has 2 bridgehead atoms. The summed E-state index contributed by atoms with van der Waals surface area (Å²) >= 11 is 0. The number of amidine groups is 1. The van der Waals surface area contributed by atoms with Crippen molar-refractivity contribution in [1.29, 1.82) is 0 Å². The highest BCUT2D eigenvalue weighted by Gasteiger charge is 2.57. The number of hydrogen-bond donors (Lipinski definition) is 3. The number of nitrogens with zero attached hydrogens (tertiary/aromatic N) is 2. The molecule has 1 aromatic carbocycles. The number of aliphatic hydroxyl groups excluding tert-OH is 1. The van der Waals surface area contributed by atoms with Crippen LogP contribution >= 0.6 is 0 Å². The van der Waals surface area contributed by atoms with Crippen molar-refractivity contribution in [3.63, 3.8) is 0 Å². The second-order valence-corrected chi connectivity index (χ2v) is 13.4. The van der Waals surface area contributed by atoms with Gasteiger partial charge in [-0.1, -0.05) is 13.8 Å². The molecule has 2 aliphatic carbocycles. The fourth-order valence-corrected chi connectivity index (χ4v) is 7.72. The van der Waals surface area contributed by atoms with E-state index < -0.39 is 26.0 Å². The van der Waals surface area contributed by atoms with Crippen LogP contribution in [0, 0.1) is 23.7 Å². The van der Waals surface area contributed by atoms with E-state index in [9.17, 15) is 26.7 Å². The second kappa shape index (κ2) is 7.70. The normalized spacial score (nSPS) is 29.6. The summed E-state index contributed by atoms with van der Waals surface area (Å²) < 4.78 is 55.2. The second-order valence-electron chi connectivity index (χ2n) is 10.1. The maximum absolute atomic E-state index is 13.6. The molecule has 1 amide bonds. The van der Waals surface area contributed by atoms with Crippen LogP contribution in [-0.4, -0.2) is 57.4 Å². The molecule has 0 aromatic heterocycles. The van der Waals surface area contributed by atoms with Crippen LogP contribution in [0.1, 0.15) is 33.1 Å². The summed E-state index contributed by atoms with van der Waals surface area (Å²) in [7, 11) is -7.87. The quantitative estimate of drug-likeness (QED) is 0.553. The van der Waals surface area contributed by atoms with Crippen molar-refractivity contribution < 1.29 is 26.7 Å². The van der Waals surface area contributed by atoms with E-state index in [4.69, 9.17) is 0 Å². The van der Waals surface area contributed by atoms with E-state index in [-0.39, 0.29) is 57.2 Å². The van der Waals surface area contributed by atoms with Crippen molar-refractivity contribution >= 4 is 43.2 Å². The van der Waals surface area contributed by atoms with Gasteiger partial charge in [0.15, 0.2) is 5.84 Å². The summed E-state index contributed by atoms with van der Waals surface area (Å²) in [6.07, 6.45) is 3.92. The smallest absolute Gasteiger partial charge is 0.286 e. The summed E-state index contributed by atoms with van der Waals surface area (Å²) in [4.78, 5) is 15.2. The van der Waals surface area contributed by atoms with E-state index in [1.807, 2.05) is 13.8 Å². The van der Waals surface area contributed by atoms with Crippen LogP contribution in [0.2, 0.25) is 0 Å². The Hall–Kier alpha value is -2.60. The average molecular weight is 509 g/mol. The number of carbonyl (C=O) groups excluding carboxylic acids is 1. The fourth-order valence-electron chi connectivity index (χ4n) is 6.01. The predicted octanol–water partition coefficient (Wildman–Crippen LogP) is 2.30. The van der Waals surface area contributed by atoms with Gasteiger partial charge in [0, 0.05) is 24.2 Å². The van der Waals surface area contributed by atoms with E-state index in [2.05, 4.69) is 14.4 Å². The Morgan fingerprint density at radius 1 is 1.26 bits per heavy atom. The lowest BCUT2D eigenvalue weighted by atomic mass is 9.77. The first-order valence-electron chi connectivity index (χ1n) is 11.3. The minimum atomic E-state index is -4.26. The number of sulfonamides is 2. The largest absolute Gasteiger partial charge is 0.511 e. The number of fused-ring (bicyclic) bond motifs is 6. The Balaban J connectivity index is 1.57. The summed E-state index contributed by atoms with van der Waals surface area (Å²) in [6, 6.07) is 3.92. The molecule has 2 aliphatic heterocycles. The first-order valence-corrected chi connectivity index (χ1v) is 14.7. The third kappa shape index (κ3) is 3.76. The molecule has 34 heavy (non-hydrogen) atoms. The molecule has 0 saturated heterocycles. The Morgan fingerprint density at radius 3 is 2.65 bits per heavy atom. The number of benzene rings is 1. The van der Waals surface area contributed by atoms with Gasteiger partial charge in [0.25, 0.3) is 15.9 Å². The lowest BCUT2D eigenvalue weighted by molar-refractivity contribution is -0.134. The summed E-state index contributed by atoms with van der Waals surface area (Å²) in [5.41, 5.74) is 0.138. The Kier molecular flexibility index (Phi) is 5.25. The standard InChI is InChI=1S/C22H28N4O6S2/c1-11(2)10-26-19-13-5-4-12(8-13)17(19)20(27)18(22(26)28)21-23-15-7-6-14(24-33(3,29)30)9-16(15)34(31,32)25-21/h6-7,9,11-13,17,19,24,27H,4-5,8,10H2,1-3H3,(H,23,25)/t12-,13-,17+,19-/m0/s1. The molecule has 10 nitrogen and oxygen atoms in total. The van der Waals surface area contributed by atoms with Gasteiger partial charge in [0.2, 0.25) is 10.0 Å². The van der Waals surface area contributed by atoms with E-state index in [1.165, 1.54) is 18.2 Å². The van der Waals surface area contributed by atoms with Gasteiger partial charge in [-0.25, -0.2) is 8.42 Å². The van der Waals surface area contributed by atoms with Crippen molar-refractivity contribution in [3.8, 4) is 0 Å². The van der Waals surface area contributed by atoms with Crippen molar-refractivity contribution in [1.82, 2.24) is 4.90 Å².